The average Bonchev–Trinajstić information content (AvgIpc) is 3.49. The molecule has 3 fully saturated rings. The highest BCUT2D eigenvalue weighted by Gasteiger charge is 2.40. The molecule has 2 aromatic heterocycles. The number of carbonyl (C=O) groups is 2. The number of halogens is 4. The number of likely N-dealkylation sites (tertiary alicyclic amines) is 2. The smallest absolute Gasteiger partial charge is 0.282 e. The number of hydrogen-bond donors (Lipinski definition) is 0. The molecular weight excluding hydrogens is 871 g/mol. The van der Waals surface area contributed by atoms with Crippen molar-refractivity contribution in [3.05, 3.63) is 122 Å². The molecule has 4 aliphatic heterocycles. The molecule has 3 aromatic carbocycles. The minimum absolute atomic E-state index is 0.00248. The van der Waals surface area contributed by atoms with E-state index in [0.717, 1.165) is 53.6 Å². The molecule has 0 saturated carbocycles. The van der Waals surface area contributed by atoms with Crippen molar-refractivity contribution in [2.75, 3.05) is 62.4 Å². The predicted molar refractivity (Wildman–Crippen MR) is 250 cm³/mol. The van der Waals surface area contributed by atoms with Crippen molar-refractivity contribution in [1.29, 1.82) is 0 Å². The standard InChI is InChI=1S/C49H55ClF3N7O4Si/c1-49(2)35-11-9-31(23-42(35)60-41-8-6-7-36(50)45(41)46(62)55-48(49)60)30-13-15-56(16-14-30)28-40-37(51)26-33(27-54-40)58-19-17-57(18-20-58)32-24-38(52)44(39(53)25-32)34-10-12-43(61)59(47(34)63)29-64-21-22-65(3,4)5/h6-9,11,23-27,30,34H,10,12-22,28-29H2,1-5H3. The Kier molecular flexibility index (Phi) is 12.2. The fraction of sp³-hybridized carbons (Fsp3) is 0.449. The van der Waals surface area contributed by atoms with E-state index in [1.165, 1.54) is 23.8 Å². The number of imide groups is 1. The van der Waals surface area contributed by atoms with Gasteiger partial charge in [-0.1, -0.05) is 49.4 Å². The second kappa shape index (κ2) is 17.6. The van der Waals surface area contributed by atoms with Gasteiger partial charge in [0.25, 0.3) is 5.56 Å². The molecule has 1 unspecified atom stereocenters. The summed E-state index contributed by atoms with van der Waals surface area (Å²) in [5, 5.41) is 0.809. The molecule has 0 spiro atoms. The normalized spacial score (nSPS) is 19.3. The van der Waals surface area contributed by atoms with E-state index >= 15 is 13.2 Å². The summed E-state index contributed by atoms with van der Waals surface area (Å²) in [5.41, 5.74) is 4.39. The lowest BCUT2D eigenvalue weighted by atomic mass is 9.83. The van der Waals surface area contributed by atoms with Crippen LogP contribution in [0.5, 0.6) is 0 Å². The lowest BCUT2D eigenvalue weighted by Gasteiger charge is -2.37. The van der Waals surface area contributed by atoms with Crippen molar-refractivity contribution in [2.24, 2.45) is 0 Å². The Bertz CT molecular complexity index is 2720. The number of hydrogen-bond acceptors (Lipinski definition) is 9. The molecule has 16 heteroatoms. The molecule has 11 nitrogen and oxygen atoms in total. The van der Waals surface area contributed by atoms with Gasteiger partial charge in [0.05, 0.1) is 50.5 Å². The number of pyridine rings is 1. The highest BCUT2D eigenvalue weighted by atomic mass is 35.5. The third-order valence-electron chi connectivity index (χ3n) is 13.8. The van der Waals surface area contributed by atoms with Crippen molar-refractivity contribution in [1.82, 2.24) is 24.3 Å². The second-order valence-corrected chi connectivity index (χ2v) is 25.7. The number of benzene rings is 3. The fourth-order valence-corrected chi connectivity index (χ4v) is 11.0. The summed E-state index contributed by atoms with van der Waals surface area (Å²) in [5.74, 6) is -3.17. The van der Waals surface area contributed by atoms with Crippen LogP contribution in [0.4, 0.5) is 24.5 Å². The van der Waals surface area contributed by atoms with E-state index < -0.39 is 42.9 Å². The maximum Gasteiger partial charge on any atom is 0.282 e. The zero-order valence-corrected chi connectivity index (χ0v) is 39.4. The minimum Gasteiger partial charge on any atom is -0.368 e. The first-order valence-electron chi connectivity index (χ1n) is 22.6. The van der Waals surface area contributed by atoms with Gasteiger partial charge in [-0.15, -0.1) is 0 Å². The zero-order chi connectivity index (χ0) is 45.9. The van der Waals surface area contributed by atoms with Crippen LogP contribution < -0.4 is 15.4 Å². The highest BCUT2D eigenvalue weighted by Crippen LogP contribution is 2.45. The van der Waals surface area contributed by atoms with E-state index in [-0.39, 0.29) is 36.5 Å². The molecule has 6 heterocycles. The van der Waals surface area contributed by atoms with Crippen molar-refractivity contribution in [3.8, 4) is 5.69 Å². The molecule has 9 rings (SSSR count). The number of piperazine rings is 1. The van der Waals surface area contributed by atoms with Gasteiger partial charge in [0.15, 0.2) is 0 Å². The minimum atomic E-state index is -1.38. The fourth-order valence-electron chi connectivity index (χ4n) is 9.99. The van der Waals surface area contributed by atoms with Crippen LogP contribution in [-0.4, -0.2) is 96.8 Å². The van der Waals surface area contributed by atoms with Gasteiger partial charge in [-0.05, 0) is 99.6 Å². The molecule has 0 N–H and O–H groups in total. The van der Waals surface area contributed by atoms with Crippen molar-refractivity contribution < 1.29 is 27.5 Å². The van der Waals surface area contributed by atoms with Gasteiger partial charge < -0.3 is 14.5 Å². The van der Waals surface area contributed by atoms with Crippen molar-refractivity contribution in [2.45, 2.75) is 89.0 Å². The first-order chi connectivity index (χ1) is 31.0. The van der Waals surface area contributed by atoms with Crippen LogP contribution in [-0.2, 0) is 26.3 Å². The van der Waals surface area contributed by atoms with E-state index in [0.29, 0.717) is 78.6 Å². The molecule has 3 saturated heterocycles. The number of ether oxygens (including phenoxy) is 1. The van der Waals surface area contributed by atoms with E-state index in [1.54, 1.807) is 12.3 Å². The summed E-state index contributed by atoms with van der Waals surface area (Å²) in [7, 11) is -1.38. The summed E-state index contributed by atoms with van der Waals surface area (Å²) >= 11 is 6.49. The Morgan fingerprint density at radius 3 is 2.20 bits per heavy atom. The highest BCUT2D eigenvalue weighted by molar-refractivity contribution is 6.76. The van der Waals surface area contributed by atoms with Crippen molar-refractivity contribution >= 4 is 53.8 Å². The van der Waals surface area contributed by atoms with E-state index in [4.69, 9.17) is 16.3 Å². The number of aromatic nitrogens is 3. The first-order valence-corrected chi connectivity index (χ1v) is 26.7. The lowest BCUT2D eigenvalue weighted by molar-refractivity contribution is -0.155. The molecule has 65 heavy (non-hydrogen) atoms. The number of nitrogens with zero attached hydrogens (tertiary/aromatic N) is 7. The van der Waals surface area contributed by atoms with Gasteiger partial charge in [0.1, 0.15) is 30.0 Å². The van der Waals surface area contributed by atoms with Gasteiger partial charge in [0.2, 0.25) is 11.8 Å². The predicted octanol–water partition coefficient (Wildman–Crippen LogP) is 8.74. The molecule has 342 valence electrons. The summed E-state index contributed by atoms with van der Waals surface area (Å²) in [6.45, 7) is 14.8. The third kappa shape index (κ3) is 8.72. The molecule has 0 aliphatic carbocycles. The summed E-state index contributed by atoms with van der Waals surface area (Å²) in [4.78, 5) is 55.2. The molecule has 5 aromatic rings. The number of anilines is 2. The van der Waals surface area contributed by atoms with Gasteiger partial charge in [0, 0.05) is 71.1 Å². The topological polar surface area (TPSA) is 104 Å². The van der Waals surface area contributed by atoms with E-state index in [1.807, 2.05) is 21.9 Å². The molecule has 0 bridgehead atoms. The molecule has 2 amide bonds. The number of rotatable bonds is 11. The third-order valence-corrected chi connectivity index (χ3v) is 15.9. The van der Waals surface area contributed by atoms with Crippen molar-refractivity contribution in [3.63, 3.8) is 0 Å². The molecule has 0 radical (unpaired) electrons. The number of fused-ring (bicyclic) bond motifs is 5. The monoisotopic (exact) mass is 925 g/mol. The summed E-state index contributed by atoms with van der Waals surface area (Å²) in [6.07, 6.45) is 3.53. The SMILES string of the molecule is CC1(C)c2ccc(C3CCN(Cc4ncc(N5CCN(c6cc(F)c(C7CCC(=O)N(COCC[Si](C)(C)C)C7=O)c(F)c6)CC5)cc4F)CC3)cc2-n2c1nc(=O)c1c(Cl)cccc12. The number of amides is 2. The maximum absolute atomic E-state index is 15.7. The Hall–Kier alpha value is -5.09. The van der Waals surface area contributed by atoms with Crippen LogP contribution in [0.1, 0.15) is 79.6 Å². The molecule has 4 aliphatic rings. The summed E-state index contributed by atoms with van der Waals surface area (Å²) < 4.78 is 54.9. The molecule has 1 atom stereocenters. The Balaban J connectivity index is 0.796. The van der Waals surface area contributed by atoms with Crippen LogP contribution in [0.25, 0.3) is 16.6 Å². The zero-order valence-electron chi connectivity index (χ0n) is 37.6. The van der Waals surface area contributed by atoms with Crippen LogP contribution in [0.3, 0.4) is 0 Å². The first kappa shape index (κ1) is 45.1. The Morgan fingerprint density at radius 2 is 1.52 bits per heavy atom. The van der Waals surface area contributed by atoms with Crippen LogP contribution in [0.15, 0.2) is 65.6 Å². The second-order valence-electron chi connectivity index (χ2n) is 19.7. The van der Waals surface area contributed by atoms with Gasteiger partial charge >= 0.3 is 0 Å². The number of carbonyl (C=O) groups excluding carboxylic acids is 2. The quantitative estimate of drug-likeness (QED) is 0.0731. The number of piperidine rings is 2. The van der Waals surface area contributed by atoms with Crippen LogP contribution >= 0.6 is 11.6 Å². The van der Waals surface area contributed by atoms with Gasteiger partial charge in [-0.2, -0.15) is 4.98 Å². The maximum atomic E-state index is 15.7. The Labute approximate surface area is 383 Å². The lowest BCUT2D eigenvalue weighted by Crippen LogP contribution is -2.47. The molecular formula is C49H55ClF3N7O4Si. The largest absolute Gasteiger partial charge is 0.368 e. The Morgan fingerprint density at radius 1 is 0.846 bits per heavy atom. The van der Waals surface area contributed by atoms with Crippen LogP contribution in [0, 0.1) is 17.5 Å². The van der Waals surface area contributed by atoms with Crippen LogP contribution in [0.2, 0.25) is 30.7 Å². The van der Waals surface area contributed by atoms with Gasteiger partial charge in [-0.3, -0.25) is 33.7 Å². The van der Waals surface area contributed by atoms with E-state index in [9.17, 15) is 14.4 Å². The van der Waals surface area contributed by atoms with Gasteiger partial charge in [-0.25, -0.2) is 13.2 Å². The summed E-state index contributed by atoms with van der Waals surface area (Å²) in [6, 6.07) is 17.0. The van der Waals surface area contributed by atoms with E-state index in [2.05, 4.69) is 71.1 Å². The average molecular weight is 927 g/mol.